The van der Waals surface area contributed by atoms with Crippen LogP contribution in [-0.4, -0.2) is 47.0 Å². The first-order chi connectivity index (χ1) is 15.2. The Balaban J connectivity index is 1.60. The summed E-state index contributed by atoms with van der Waals surface area (Å²) < 4.78 is 38.2. The van der Waals surface area contributed by atoms with Gasteiger partial charge in [-0.1, -0.05) is 0 Å². The molecule has 3 rings (SSSR count). The number of carbonyl (C=O) groups excluding carboxylic acids is 2. The van der Waals surface area contributed by atoms with Gasteiger partial charge in [0.05, 0.1) is 19.1 Å². The van der Waals surface area contributed by atoms with Crippen molar-refractivity contribution in [2.75, 3.05) is 31.0 Å². The van der Waals surface area contributed by atoms with Crippen molar-refractivity contribution in [2.24, 2.45) is 0 Å². The van der Waals surface area contributed by atoms with Crippen molar-refractivity contribution < 1.29 is 27.5 Å². The normalized spacial score (nSPS) is 15.2. The van der Waals surface area contributed by atoms with Crippen LogP contribution in [0.4, 0.5) is 11.4 Å². The van der Waals surface area contributed by atoms with Gasteiger partial charge in [-0.25, -0.2) is 13.1 Å². The van der Waals surface area contributed by atoms with E-state index in [2.05, 4.69) is 10.0 Å². The molecule has 32 heavy (non-hydrogen) atoms. The molecule has 2 N–H and O–H groups in total. The van der Waals surface area contributed by atoms with E-state index in [1.165, 1.54) is 27.2 Å². The van der Waals surface area contributed by atoms with E-state index in [-0.39, 0.29) is 35.7 Å². The van der Waals surface area contributed by atoms with Crippen LogP contribution in [0.2, 0.25) is 0 Å². The average Bonchev–Trinajstić information content (AvgIpc) is 3.08. The van der Waals surface area contributed by atoms with Gasteiger partial charge in [0, 0.05) is 43.4 Å². The Bertz CT molecular complexity index is 1130. The highest BCUT2D eigenvalue weighted by Gasteiger charge is 2.30. The minimum absolute atomic E-state index is 0.0197. The van der Waals surface area contributed by atoms with Gasteiger partial charge < -0.3 is 19.7 Å². The minimum atomic E-state index is -3.80. The maximum absolute atomic E-state index is 12.7. The van der Waals surface area contributed by atoms with E-state index in [1.807, 2.05) is 6.92 Å². The van der Waals surface area contributed by atoms with E-state index in [0.717, 1.165) is 11.3 Å². The van der Waals surface area contributed by atoms with Crippen LogP contribution in [0.1, 0.15) is 25.8 Å². The number of sulfonamides is 1. The summed E-state index contributed by atoms with van der Waals surface area (Å²) in [6.07, 6.45) is 0.541. The molecular weight excluding hydrogens is 434 g/mol. The highest BCUT2D eigenvalue weighted by Crippen LogP contribution is 2.34. The second-order valence-corrected chi connectivity index (χ2v) is 9.27. The number of benzene rings is 2. The van der Waals surface area contributed by atoms with Gasteiger partial charge in [-0.3, -0.25) is 9.59 Å². The molecule has 0 saturated carbocycles. The summed E-state index contributed by atoms with van der Waals surface area (Å²) in [5.74, 6) is 0.582. The van der Waals surface area contributed by atoms with Crippen LogP contribution in [0.3, 0.4) is 0 Å². The first-order valence-electron chi connectivity index (χ1n) is 10.1. The van der Waals surface area contributed by atoms with Crippen molar-refractivity contribution in [1.29, 1.82) is 0 Å². The Morgan fingerprint density at radius 3 is 2.47 bits per heavy atom. The Morgan fingerprint density at radius 2 is 1.81 bits per heavy atom. The number of nitrogens with zero attached hydrogens (tertiary/aromatic N) is 1. The predicted molar refractivity (Wildman–Crippen MR) is 121 cm³/mol. The van der Waals surface area contributed by atoms with Gasteiger partial charge in [0.2, 0.25) is 21.8 Å². The van der Waals surface area contributed by atoms with E-state index in [4.69, 9.17) is 9.47 Å². The Morgan fingerprint density at radius 1 is 1.09 bits per heavy atom. The highest BCUT2D eigenvalue weighted by molar-refractivity contribution is 7.89. The zero-order valence-corrected chi connectivity index (χ0v) is 19.3. The van der Waals surface area contributed by atoms with Gasteiger partial charge >= 0.3 is 0 Å². The summed E-state index contributed by atoms with van der Waals surface area (Å²) in [6.45, 7) is 3.35. The van der Waals surface area contributed by atoms with Crippen LogP contribution in [0.5, 0.6) is 11.5 Å². The fraction of sp³-hybridized carbons (Fsp3) is 0.364. The van der Waals surface area contributed by atoms with E-state index in [0.29, 0.717) is 23.6 Å². The second kappa shape index (κ2) is 9.58. The third kappa shape index (κ3) is 5.03. The number of hydrogen-bond acceptors (Lipinski definition) is 6. The van der Waals surface area contributed by atoms with Crippen LogP contribution in [0, 0.1) is 0 Å². The third-order valence-electron chi connectivity index (χ3n) is 5.23. The lowest BCUT2D eigenvalue weighted by atomic mass is 10.1. The molecular formula is C22H27N3O6S. The minimum Gasteiger partial charge on any atom is -0.493 e. The van der Waals surface area contributed by atoms with Crippen molar-refractivity contribution in [2.45, 2.75) is 37.6 Å². The molecule has 0 spiro atoms. The Hall–Kier alpha value is -3.11. The molecule has 10 heteroatoms. The smallest absolute Gasteiger partial charge is 0.240 e. The molecule has 0 aliphatic carbocycles. The number of methoxy groups -OCH3 is 2. The molecule has 1 unspecified atom stereocenters. The molecule has 172 valence electrons. The van der Waals surface area contributed by atoms with E-state index >= 15 is 0 Å². The average molecular weight is 462 g/mol. The molecule has 1 aliphatic rings. The lowest BCUT2D eigenvalue weighted by Gasteiger charge is -2.20. The zero-order chi connectivity index (χ0) is 23.5. The quantitative estimate of drug-likeness (QED) is 0.624. The van der Waals surface area contributed by atoms with Crippen molar-refractivity contribution in [3.63, 3.8) is 0 Å². The molecule has 0 saturated heterocycles. The molecule has 0 fully saturated rings. The van der Waals surface area contributed by atoms with Crippen molar-refractivity contribution in [1.82, 2.24) is 4.72 Å². The standard InChI is InChI=1S/C22H27N3O6S/c1-14-11-16-12-18(6-7-19(16)25(14)15(2)26)32(28,29)23-10-9-22(27)24-17-5-8-20(30-3)21(13-17)31-4/h5-8,12-14,23H,9-11H2,1-4H3,(H,24,27). The van der Waals surface area contributed by atoms with E-state index < -0.39 is 10.0 Å². The fourth-order valence-corrected chi connectivity index (χ4v) is 4.86. The van der Waals surface area contributed by atoms with Gasteiger partial charge in [-0.2, -0.15) is 0 Å². The van der Waals surface area contributed by atoms with Crippen LogP contribution < -0.4 is 24.4 Å². The van der Waals surface area contributed by atoms with Crippen LogP contribution in [-0.2, 0) is 26.0 Å². The number of fused-ring (bicyclic) bond motifs is 1. The molecule has 1 aliphatic heterocycles. The number of amides is 2. The lowest BCUT2D eigenvalue weighted by Crippen LogP contribution is -2.33. The highest BCUT2D eigenvalue weighted by atomic mass is 32.2. The zero-order valence-electron chi connectivity index (χ0n) is 18.5. The number of rotatable bonds is 8. The van der Waals surface area contributed by atoms with Crippen molar-refractivity contribution in [3.05, 3.63) is 42.0 Å². The van der Waals surface area contributed by atoms with E-state index in [1.54, 1.807) is 35.2 Å². The number of nitrogens with one attached hydrogen (secondary N) is 2. The fourth-order valence-electron chi connectivity index (χ4n) is 3.77. The van der Waals surface area contributed by atoms with Crippen molar-refractivity contribution >= 4 is 33.2 Å². The SMILES string of the molecule is COc1ccc(NC(=O)CCNS(=O)(=O)c2ccc3c(c2)CC(C)N3C(C)=O)cc1OC. The predicted octanol–water partition coefficient (Wildman–Crippen LogP) is 2.31. The number of carbonyl (C=O) groups is 2. The number of hydrogen-bond donors (Lipinski definition) is 2. The lowest BCUT2D eigenvalue weighted by molar-refractivity contribution is -0.117. The topological polar surface area (TPSA) is 114 Å². The van der Waals surface area contributed by atoms with Gasteiger partial charge in [0.15, 0.2) is 11.5 Å². The van der Waals surface area contributed by atoms with Crippen LogP contribution >= 0.6 is 0 Å². The summed E-state index contributed by atoms with van der Waals surface area (Å²) in [6, 6.07) is 9.64. The maximum Gasteiger partial charge on any atom is 0.240 e. The van der Waals surface area contributed by atoms with Gasteiger partial charge in [-0.15, -0.1) is 0 Å². The van der Waals surface area contributed by atoms with Gasteiger partial charge in [-0.05, 0) is 49.2 Å². The molecule has 1 heterocycles. The Labute approximate surface area is 187 Å². The molecule has 2 aromatic carbocycles. The summed E-state index contributed by atoms with van der Waals surface area (Å²) in [4.78, 5) is 25.8. The summed E-state index contributed by atoms with van der Waals surface area (Å²) >= 11 is 0. The number of anilines is 2. The Kier molecular flexibility index (Phi) is 7.05. The molecule has 0 bridgehead atoms. The van der Waals surface area contributed by atoms with Crippen molar-refractivity contribution in [3.8, 4) is 11.5 Å². The first kappa shape index (κ1) is 23.6. The molecule has 2 amide bonds. The molecule has 0 radical (unpaired) electrons. The first-order valence-corrected chi connectivity index (χ1v) is 11.6. The summed E-state index contributed by atoms with van der Waals surface area (Å²) in [5, 5.41) is 2.70. The molecule has 2 aromatic rings. The van der Waals surface area contributed by atoms with Crippen LogP contribution in [0.15, 0.2) is 41.3 Å². The number of ether oxygens (including phenoxy) is 2. The largest absolute Gasteiger partial charge is 0.493 e. The second-order valence-electron chi connectivity index (χ2n) is 7.50. The maximum atomic E-state index is 12.7. The third-order valence-corrected chi connectivity index (χ3v) is 6.69. The molecule has 0 aromatic heterocycles. The molecule has 9 nitrogen and oxygen atoms in total. The molecule has 1 atom stereocenters. The van der Waals surface area contributed by atoms with Gasteiger partial charge in [0.25, 0.3) is 0 Å². The monoisotopic (exact) mass is 461 g/mol. The summed E-state index contributed by atoms with van der Waals surface area (Å²) in [7, 11) is -0.783. The van der Waals surface area contributed by atoms with Gasteiger partial charge in [0.1, 0.15) is 0 Å². The summed E-state index contributed by atoms with van der Waals surface area (Å²) in [5.41, 5.74) is 2.05. The van der Waals surface area contributed by atoms with Crippen LogP contribution in [0.25, 0.3) is 0 Å². The van der Waals surface area contributed by atoms with E-state index in [9.17, 15) is 18.0 Å².